The summed E-state index contributed by atoms with van der Waals surface area (Å²) in [6.45, 7) is 10.7. The van der Waals surface area contributed by atoms with E-state index in [0.29, 0.717) is 24.8 Å². The van der Waals surface area contributed by atoms with Crippen molar-refractivity contribution in [2.75, 3.05) is 0 Å². The minimum atomic E-state index is -1.07. The molecule has 1 aromatic heterocycles. The topological polar surface area (TPSA) is 103 Å². The lowest BCUT2D eigenvalue weighted by Crippen LogP contribution is -2.56. The number of hydrogen-bond acceptors (Lipinski definition) is 6. The number of carboxylic acids is 1. The van der Waals surface area contributed by atoms with E-state index in [2.05, 4.69) is 0 Å². The number of carbonyl (C=O) groups excluding carboxylic acids is 2. The number of esters is 2. The summed E-state index contributed by atoms with van der Waals surface area (Å²) in [6, 6.07) is 0. The Kier molecular flexibility index (Phi) is 6.67. The molecule has 0 bridgehead atoms. The van der Waals surface area contributed by atoms with Crippen LogP contribution in [0, 0.1) is 24.2 Å². The minimum Gasteiger partial charge on any atom is -0.481 e. The second-order valence-electron chi connectivity index (χ2n) is 9.37. The highest BCUT2D eigenvalue weighted by Gasteiger charge is 2.62. The quantitative estimate of drug-likeness (QED) is 0.519. The molecule has 1 saturated carbocycles. The first-order chi connectivity index (χ1) is 15.0. The Bertz CT molecular complexity index is 978. The fraction of sp³-hybridized carbons (Fsp3) is 0.560. The molecular formula is C25H32O7. The molecule has 0 amide bonds. The van der Waals surface area contributed by atoms with Crippen LogP contribution in [-0.2, 0) is 30.3 Å². The lowest BCUT2D eigenvalue weighted by Gasteiger charge is -2.53. The molecule has 0 unspecified atom stereocenters. The highest BCUT2D eigenvalue weighted by Crippen LogP contribution is 2.60. The summed E-state index contributed by atoms with van der Waals surface area (Å²) in [5.74, 6) is -2.55. The second kappa shape index (κ2) is 8.96. The smallest absolute Gasteiger partial charge is 0.334 e. The van der Waals surface area contributed by atoms with Crippen molar-refractivity contribution < 1.29 is 33.4 Å². The van der Waals surface area contributed by atoms with Gasteiger partial charge < -0.3 is 19.0 Å². The molecule has 5 atom stereocenters. The summed E-state index contributed by atoms with van der Waals surface area (Å²) in [6.07, 6.45) is 4.59. The lowest BCUT2D eigenvalue weighted by atomic mass is 9.53. The Morgan fingerprint density at radius 2 is 1.88 bits per heavy atom. The van der Waals surface area contributed by atoms with Gasteiger partial charge in [-0.3, -0.25) is 4.79 Å². The van der Waals surface area contributed by atoms with E-state index in [0.717, 1.165) is 22.5 Å². The molecule has 1 heterocycles. The molecule has 3 rings (SSSR count). The predicted octanol–water partition coefficient (Wildman–Crippen LogP) is 4.69. The fourth-order valence-electron chi connectivity index (χ4n) is 5.22. The van der Waals surface area contributed by atoms with Crippen LogP contribution in [0.4, 0.5) is 0 Å². The van der Waals surface area contributed by atoms with Gasteiger partial charge in [0.15, 0.2) is 0 Å². The van der Waals surface area contributed by atoms with Gasteiger partial charge in [-0.05, 0) is 58.9 Å². The zero-order valence-corrected chi connectivity index (χ0v) is 19.6. The molecule has 1 aromatic rings. The Morgan fingerprint density at radius 3 is 2.47 bits per heavy atom. The van der Waals surface area contributed by atoms with Gasteiger partial charge in [0.2, 0.25) is 0 Å². The van der Waals surface area contributed by atoms with Crippen molar-refractivity contribution in [2.24, 2.45) is 17.3 Å². The molecule has 7 heteroatoms. The molecule has 0 spiro atoms. The first-order valence-corrected chi connectivity index (χ1v) is 11.0. The number of carbonyl (C=O) groups is 3. The number of aliphatic carboxylic acids is 1. The Labute approximate surface area is 188 Å². The highest BCUT2D eigenvalue weighted by atomic mass is 16.6. The molecular weight excluding hydrogens is 412 g/mol. The van der Waals surface area contributed by atoms with Crippen LogP contribution in [0.25, 0.3) is 0 Å². The summed E-state index contributed by atoms with van der Waals surface area (Å²) in [4.78, 5) is 37.8. The van der Waals surface area contributed by atoms with Gasteiger partial charge in [-0.1, -0.05) is 18.6 Å². The standard InChI is InChI=1S/C25H32O7/c1-7-14(4)24(29)32-22-20-15(5)12-30-18(20)11-16-8-9-17(31-19(26)10-13(2)3)21(23(27)28)25(16,22)6/h7,10,12,16-17,21-22H,8-9,11H2,1-6H3,(H,27,28)/b14-7+/t16-,17+,21-,22-,25+/m1/s1. The van der Waals surface area contributed by atoms with Crippen molar-refractivity contribution in [2.45, 2.75) is 73.0 Å². The first-order valence-electron chi connectivity index (χ1n) is 11.0. The fourth-order valence-corrected chi connectivity index (χ4v) is 5.22. The van der Waals surface area contributed by atoms with E-state index in [4.69, 9.17) is 13.9 Å². The van der Waals surface area contributed by atoms with Gasteiger partial charge in [0, 0.05) is 29.0 Å². The van der Waals surface area contributed by atoms with Crippen molar-refractivity contribution in [3.05, 3.63) is 46.4 Å². The summed E-state index contributed by atoms with van der Waals surface area (Å²) in [7, 11) is 0. The third kappa shape index (κ3) is 4.12. The molecule has 0 radical (unpaired) electrons. The van der Waals surface area contributed by atoms with Crippen LogP contribution < -0.4 is 0 Å². The molecule has 174 valence electrons. The normalized spacial score (nSPS) is 29.4. The van der Waals surface area contributed by atoms with Gasteiger partial charge in [0.25, 0.3) is 0 Å². The van der Waals surface area contributed by atoms with Crippen molar-refractivity contribution in [3.8, 4) is 0 Å². The average molecular weight is 445 g/mol. The minimum absolute atomic E-state index is 0.108. The summed E-state index contributed by atoms with van der Waals surface area (Å²) in [5, 5.41) is 10.3. The SMILES string of the molecule is C/C=C(\C)C(=O)O[C@@H]1c2c(C)coc2C[C@H]2CC[C@H](OC(=O)C=C(C)C)[C@H](C(=O)O)[C@]21C. The van der Waals surface area contributed by atoms with Gasteiger partial charge in [-0.2, -0.15) is 0 Å². The third-order valence-corrected chi connectivity index (χ3v) is 7.00. The van der Waals surface area contributed by atoms with E-state index >= 15 is 0 Å². The monoisotopic (exact) mass is 444 g/mol. The van der Waals surface area contributed by atoms with E-state index < -0.39 is 41.4 Å². The molecule has 0 saturated heterocycles. The summed E-state index contributed by atoms with van der Waals surface area (Å²) >= 11 is 0. The Hall–Kier alpha value is -2.83. The predicted molar refractivity (Wildman–Crippen MR) is 117 cm³/mol. The number of furan rings is 1. The van der Waals surface area contributed by atoms with E-state index in [-0.39, 0.29) is 5.92 Å². The van der Waals surface area contributed by atoms with Crippen LogP contribution in [0.15, 0.2) is 34.0 Å². The lowest BCUT2D eigenvalue weighted by molar-refractivity contribution is -0.196. The van der Waals surface area contributed by atoms with Crippen LogP contribution in [0.2, 0.25) is 0 Å². The summed E-state index contributed by atoms with van der Waals surface area (Å²) in [5.41, 5.74) is 1.76. The molecule has 7 nitrogen and oxygen atoms in total. The van der Waals surface area contributed by atoms with Crippen LogP contribution in [-0.4, -0.2) is 29.1 Å². The maximum atomic E-state index is 12.8. The number of ether oxygens (including phenoxy) is 2. The summed E-state index contributed by atoms with van der Waals surface area (Å²) < 4.78 is 17.4. The average Bonchev–Trinajstić information content (AvgIpc) is 3.06. The maximum Gasteiger partial charge on any atom is 0.334 e. The van der Waals surface area contributed by atoms with Crippen LogP contribution in [0.1, 0.15) is 70.5 Å². The molecule has 2 aliphatic rings. The zero-order valence-electron chi connectivity index (χ0n) is 19.6. The number of aryl methyl sites for hydroxylation is 1. The Balaban J connectivity index is 2.09. The number of rotatable bonds is 5. The number of carboxylic acid groups (broad SMARTS) is 1. The third-order valence-electron chi connectivity index (χ3n) is 7.00. The van der Waals surface area contributed by atoms with Gasteiger partial charge in [0.05, 0.1) is 6.26 Å². The van der Waals surface area contributed by atoms with Crippen LogP contribution in [0.5, 0.6) is 0 Å². The van der Waals surface area contributed by atoms with Gasteiger partial charge in [0.1, 0.15) is 23.9 Å². The molecule has 0 aliphatic heterocycles. The maximum absolute atomic E-state index is 12.8. The second-order valence-corrected chi connectivity index (χ2v) is 9.37. The molecule has 32 heavy (non-hydrogen) atoms. The highest BCUT2D eigenvalue weighted by molar-refractivity contribution is 5.88. The van der Waals surface area contributed by atoms with Crippen molar-refractivity contribution in [1.82, 2.24) is 0 Å². The number of fused-ring (bicyclic) bond motifs is 2. The zero-order chi connectivity index (χ0) is 23.8. The molecule has 2 aliphatic carbocycles. The van der Waals surface area contributed by atoms with Gasteiger partial charge in [-0.15, -0.1) is 0 Å². The van der Waals surface area contributed by atoms with Gasteiger partial charge in [-0.25, -0.2) is 9.59 Å². The number of hydrogen-bond donors (Lipinski definition) is 1. The molecule has 0 aromatic carbocycles. The van der Waals surface area contributed by atoms with Crippen LogP contribution >= 0.6 is 0 Å². The van der Waals surface area contributed by atoms with Crippen molar-refractivity contribution >= 4 is 17.9 Å². The van der Waals surface area contributed by atoms with E-state index in [1.165, 1.54) is 6.08 Å². The van der Waals surface area contributed by atoms with Crippen LogP contribution in [0.3, 0.4) is 0 Å². The van der Waals surface area contributed by atoms with Crippen molar-refractivity contribution in [1.29, 1.82) is 0 Å². The largest absolute Gasteiger partial charge is 0.481 e. The first kappa shape index (κ1) is 23.8. The van der Waals surface area contributed by atoms with E-state index in [9.17, 15) is 19.5 Å². The van der Waals surface area contributed by atoms with E-state index in [1.807, 2.05) is 13.8 Å². The Morgan fingerprint density at radius 1 is 1.19 bits per heavy atom. The van der Waals surface area contributed by atoms with Crippen molar-refractivity contribution in [3.63, 3.8) is 0 Å². The van der Waals surface area contributed by atoms with E-state index in [1.54, 1.807) is 40.0 Å². The molecule has 1 N–H and O–H groups in total. The molecule has 1 fully saturated rings. The number of allylic oxidation sites excluding steroid dienone is 2. The van der Waals surface area contributed by atoms with Gasteiger partial charge >= 0.3 is 17.9 Å².